The molecular formula is C26H32N4. The van der Waals surface area contributed by atoms with Gasteiger partial charge in [-0.25, -0.2) is 0 Å². The SMILES string of the molecule is Cc1ccc2[nH]c3c(c2c1)CN(C)CC3.Cc1ccc2[nH]c3c(c2c1)CN(C)CC3. The lowest BCUT2D eigenvalue weighted by atomic mass is 10.0. The van der Waals surface area contributed by atoms with Crippen LogP contribution < -0.4 is 0 Å². The van der Waals surface area contributed by atoms with Gasteiger partial charge in [0.15, 0.2) is 0 Å². The van der Waals surface area contributed by atoms with Gasteiger partial charge in [-0.15, -0.1) is 0 Å². The number of aromatic nitrogens is 2. The number of hydrogen-bond acceptors (Lipinski definition) is 2. The minimum atomic E-state index is 1.08. The van der Waals surface area contributed by atoms with E-state index in [1.165, 1.54) is 68.5 Å². The molecule has 4 nitrogen and oxygen atoms in total. The molecule has 0 unspecified atom stereocenters. The summed E-state index contributed by atoms with van der Waals surface area (Å²) >= 11 is 0. The summed E-state index contributed by atoms with van der Waals surface area (Å²) in [7, 11) is 4.38. The minimum absolute atomic E-state index is 1.08. The molecular weight excluding hydrogens is 368 g/mol. The average molecular weight is 401 g/mol. The van der Waals surface area contributed by atoms with Gasteiger partial charge in [0.1, 0.15) is 0 Å². The maximum absolute atomic E-state index is 3.54. The van der Waals surface area contributed by atoms with E-state index in [4.69, 9.17) is 0 Å². The Balaban J connectivity index is 0.000000128. The molecule has 0 fully saturated rings. The second-order valence-corrected chi connectivity index (χ2v) is 9.24. The number of aromatic amines is 2. The van der Waals surface area contributed by atoms with Gasteiger partial charge < -0.3 is 19.8 Å². The van der Waals surface area contributed by atoms with Crippen LogP contribution in [0.3, 0.4) is 0 Å². The Hall–Kier alpha value is -2.56. The molecule has 156 valence electrons. The van der Waals surface area contributed by atoms with Crippen molar-refractivity contribution in [3.05, 3.63) is 70.0 Å². The van der Waals surface area contributed by atoms with Crippen LogP contribution in [-0.4, -0.2) is 47.0 Å². The van der Waals surface area contributed by atoms with Gasteiger partial charge in [-0.2, -0.15) is 0 Å². The maximum Gasteiger partial charge on any atom is 0.0459 e. The van der Waals surface area contributed by atoms with Crippen LogP contribution in [0, 0.1) is 13.8 Å². The third-order valence-electron chi connectivity index (χ3n) is 6.64. The van der Waals surface area contributed by atoms with Gasteiger partial charge >= 0.3 is 0 Å². The van der Waals surface area contributed by atoms with Gasteiger partial charge in [0.25, 0.3) is 0 Å². The van der Waals surface area contributed by atoms with Crippen LogP contribution in [0.4, 0.5) is 0 Å². The zero-order valence-electron chi connectivity index (χ0n) is 18.6. The van der Waals surface area contributed by atoms with Gasteiger partial charge in [0.2, 0.25) is 0 Å². The number of hydrogen-bond donors (Lipinski definition) is 2. The van der Waals surface area contributed by atoms with Crippen molar-refractivity contribution in [1.29, 1.82) is 0 Å². The van der Waals surface area contributed by atoms with Crippen molar-refractivity contribution in [1.82, 2.24) is 19.8 Å². The summed E-state index contributed by atoms with van der Waals surface area (Å²) < 4.78 is 0. The van der Waals surface area contributed by atoms with E-state index in [0.717, 1.165) is 25.9 Å². The van der Waals surface area contributed by atoms with Crippen molar-refractivity contribution in [3.8, 4) is 0 Å². The van der Waals surface area contributed by atoms with Crippen LogP contribution in [0.25, 0.3) is 21.8 Å². The molecule has 2 N–H and O–H groups in total. The smallest absolute Gasteiger partial charge is 0.0459 e. The fraction of sp³-hybridized carbons (Fsp3) is 0.385. The summed E-state index contributed by atoms with van der Waals surface area (Å²) in [5, 5.41) is 2.83. The van der Waals surface area contributed by atoms with Crippen molar-refractivity contribution in [2.24, 2.45) is 0 Å². The monoisotopic (exact) mass is 400 g/mol. The van der Waals surface area contributed by atoms with E-state index in [2.05, 4.69) is 84.1 Å². The number of rotatable bonds is 0. The molecule has 0 saturated carbocycles. The molecule has 2 aliphatic rings. The number of fused-ring (bicyclic) bond motifs is 6. The summed E-state index contributed by atoms with van der Waals surface area (Å²) in [6, 6.07) is 13.3. The molecule has 4 aromatic rings. The van der Waals surface area contributed by atoms with Gasteiger partial charge in [-0.1, -0.05) is 23.3 Å². The third kappa shape index (κ3) is 3.55. The van der Waals surface area contributed by atoms with Crippen molar-refractivity contribution < 1.29 is 0 Å². The lowest BCUT2D eigenvalue weighted by Gasteiger charge is -2.22. The first-order valence-electron chi connectivity index (χ1n) is 11.0. The third-order valence-corrected chi connectivity index (χ3v) is 6.64. The zero-order chi connectivity index (χ0) is 20.8. The molecule has 0 spiro atoms. The Labute approximate surface area is 178 Å². The first-order chi connectivity index (χ1) is 14.5. The molecule has 4 heterocycles. The number of likely N-dealkylation sites (N-methyl/N-ethyl adjacent to an activating group) is 2. The van der Waals surface area contributed by atoms with E-state index < -0.39 is 0 Å². The summed E-state index contributed by atoms with van der Waals surface area (Å²) in [6.07, 6.45) is 2.30. The first-order valence-corrected chi connectivity index (χ1v) is 11.0. The van der Waals surface area contributed by atoms with E-state index in [0.29, 0.717) is 0 Å². The number of aryl methyl sites for hydroxylation is 2. The molecule has 30 heavy (non-hydrogen) atoms. The number of nitrogens with zero attached hydrogens (tertiary/aromatic N) is 2. The highest BCUT2D eigenvalue weighted by Gasteiger charge is 2.19. The second-order valence-electron chi connectivity index (χ2n) is 9.24. The Morgan fingerprint density at radius 2 is 1.10 bits per heavy atom. The van der Waals surface area contributed by atoms with Crippen molar-refractivity contribution >= 4 is 21.8 Å². The number of nitrogens with one attached hydrogen (secondary N) is 2. The summed E-state index contributed by atoms with van der Waals surface area (Å²) in [5.41, 5.74) is 11.2. The lowest BCUT2D eigenvalue weighted by molar-refractivity contribution is 0.313. The van der Waals surface area contributed by atoms with Gasteiger partial charge in [0, 0.05) is 72.2 Å². The van der Waals surface area contributed by atoms with Gasteiger partial charge in [0.05, 0.1) is 0 Å². The van der Waals surface area contributed by atoms with E-state index in [9.17, 15) is 0 Å². The Bertz CT molecular complexity index is 1120. The number of H-pyrrole nitrogens is 2. The fourth-order valence-corrected chi connectivity index (χ4v) is 4.93. The quantitative estimate of drug-likeness (QED) is 0.439. The van der Waals surface area contributed by atoms with Gasteiger partial charge in [-0.05, 0) is 63.3 Å². The number of benzene rings is 2. The fourth-order valence-electron chi connectivity index (χ4n) is 4.93. The molecule has 0 bridgehead atoms. The molecule has 2 aromatic carbocycles. The van der Waals surface area contributed by atoms with Crippen LogP contribution in [-0.2, 0) is 25.9 Å². The van der Waals surface area contributed by atoms with Crippen LogP contribution >= 0.6 is 0 Å². The van der Waals surface area contributed by atoms with E-state index in [1.807, 2.05) is 0 Å². The Kier molecular flexibility index (Phi) is 4.92. The standard InChI is InChI=1S/2C13H16N2/c2*1-9-3-4-12-10(7-9)11-8-15(2)6-5-13(11)14-12/h2*3-4,7,14H,5-6,8H2,1-2H3. The average Bonchev–Trinajstić information content (AvgIpc) is 3.26. The largest absolute Gasteiger partial charge is 0.358 e. The summed E-state index contributed by atoms with van der Waals surface area (Å²) in [4.78, 5) is 11.8. The second kappa shape index (κ2) is 7.60. The molecule has 0 radical (unpaired) electrons. The Morgan fingerprint density at radius 1 is 0.667 bits per heavy atom. The van der Waals surface area contributed by atoms with Crippen molar-refractivity contribution in [2.75, 3.05) is 27.2 Å². The molecule has 4 heteroatoms. The zero-order valence-corrected chi connectivity index (χ0v) is 18.6. The first kappa shape index (κ1) is 19.4. The predicted molar refractivity (Wildman–Crippen MR) is 126 cm³/mol. The maximum atomic E-state index is 3.54. The van der Waals surface area contributed by atoms with E-state index >= 15 is 0 Å². The molecule has 0 atom stereocenters. The summed E-state index contributed by atoms with van der Waals surface area (Å²) in [5.74, 6) is 0. The molecule has 2 aromatic heterocycles. The predicted octanol–water partition coefficient (Wildman–Crippen LogP) is 4.93. The topological polar surface area (TPSA) is 38.1 Å². The lowest BCUT2D eigenvalue weighted by Crippen LogP contribution is -2.25. The molecule has 0 saturated heterocycles. The highest BCUT2D eigenvalue weighted by Crippen LogP contribution is 2.28. The highest BCUT2D eigenvalue weighted by molar-refractivity contribution is 5.86. The van der Waals surface area contributed by atoms with Gasteiger partial charge in [-0.3, -0.25) is 0 Å². The minimum Gasteiger partial charge on any atom is -0.358 e. The Morgan fingerprint density at radius 3 is 1.53 bits per heavy atom. The molecule has 6 rings (SSSR count). The molecule has 0 amide bonds. The normalized spacial score (nSPS) is 16.9. The van der Waals surface area contributed by atoms with Crippen LogP contribution in [0.5, 0.6) is 0 Å². The van der Waals surface area contributed by atoms with E-state index in [1.54, 1.807) is 0 Å². The van der Waals surface area contributed by atoms with Crippen LogP contribution in [0.15, 0.2) is 36.4 Å². The van der Waals surface area contributed by atoms with Crippen LogP contribution in [0.2, 0.25) is 0 Å². The highest BCUT2D eigenvalue weighted by atomic mass is 15.1. The van der Waals surface area contributed by atoms with Crippen LogP contribution in [0.1, 0.15) is 33.6 Å². The molecule has 2 aliphatic heterocycles. The van der Waals surface area contributed by atoms with Crippen molar-refractivity contribution in [3.63, 3.8) is 0 Å². The summed E-state index contributed by atoms with van der Waals surface area (Å²) in [6.45, 7) is 8.81. The van der Waals surface area contributed by atoms with Crippen molar-refractivity contribution in [2.45, 2.75) is 39.8 Å². The van der Waals surface area contributed by atoms with E-state index in [-0.39, 0.29) is 0 Å². The molecule has 0 aliphatic carbocycles.